The van der Waals surface area contributed by atoms with Crippen LogP contribution < -0.4 is 5.32 Å². The normalized spacial score (nSPS) is 13.2. The minimum Gasteiger partial charge on any atom is -0.385 e. The van der Waals surface area contributed by atoms with Gasteiger partial charge in [0.2, 0.25) is 0 Å². The first-order valence-corrected chi connectivity index (χ1v) is 4.57. The van der Waals surface area contributed by atoms with Crippen molar-refractivity contribution in [3.05, 3.63) is 0 Å². The van der Waals surface area contributed by atoms with E-state index >= 15 is 0 Å². The second kappa shape index (κ2) is 9.26. The molecule has 0 bridgehead atoms. The third kappa shape index (κ3) is 8.27. The minimum atomic E-state index is 0.0672. The van der Waals surface area contributed by atoms with Crippen molar-refractivity contribution in [2.75, 3.05) is 40.5 Å². The van der Waals surface area contributed by atoms with Crippen LogP contribution in [0.3, 0.4) is 0 Å². The van der Waals surface area contributed by atoms with Crippen LogP contribution in [-0.2, 0) is 9.47 Å². The zero-order valence-corrected chi connectivity index (χ0v) is 8.56. The smallest absolute Gasteiger partial charge is 0.0693 e. The van der Waals surface area contributed by atoms with E-state index in [1.165, 1.54) is 0 Å². The Bertz CT molecular complexity index is 93.1. The van der Waals surface area contributed by atoms with Crippen LogP contribution in [0.1, 0.15) is 6.42 Å². The van der Waals surface area contributed by atoms with Gasteiger partial charge in [0, 0.05) is 27.4 Å². The van der Waals surface area contributed by atoms with Gasteiger partial charge in [0.25, 0.3) is 0 Å². The summed E-state index contributed by atoms with van der Waals surface area (Å²) in [5, 5.41) is 3.28. The monoisotopic (exact) mass is 195 g/mol. The van der Waals surface area contributed by atoms with Crippen molar-refractivity contribution >= 4 is 11.6 Å². The fourth-order valence-electron chi connectivity index (χ4n) is 0.840. The number of alkyl halides is 1. The van der Waals surface area contributed by atoms with Gasteiger partial charge in [0.05, 0.1) is 12.0 Å². The number of halogens is 1. The molecular formula is C8H18ClNO2. The van der Waals surface area contributed by atoms with Gasteiger partial charge in [-0.15, -0.1) is 11.6 Å². The molecule has 3 nitrogen and oxygen atoms in total. The molecule has 0 spiro atoms. The molecule has 0 aromatic heterocycles. The molecule has 1 N–H and O–H groups in total. The molecular weight excluding hydrogens is 178 g/mol. The van der Waals surface area contributed by atoms with Crippen molar-refractivity contribution in [1.29, 1.82) is 0 Å². The van der Waals surface area contributed by atoms with Gasteiger partial charge in [-0.3, -0.25) is 0 Å². The summed E-state index contributed by atoms with van der Waals surface area (Å²) in [6.45, 7) is 3.13. The molecule has 0 radical (unpaired) electrons. The molecule has 1 unspecified atom stereocenters. The first-order valence-electron chi connectivity index (χ1n) is 4.14. The summed E-state index contributed by atoms with van der Waals surface area (Å²) in [4.78, 5) is 0. The van der Waals surface area contributed by atoms with Crippen LogP contribution in [0.25, 0.3) is 0 Å². The highest BCUT2D eigenvalue weighted by atomic mass is 35.5. The lowest BCUT2D eigenvalue weighted by Crippen LogP contribution is -2.27. The molecule has 0 rings (SSSR count). The average molecular weight is 196 g/mol. The molecule has 0 saturated heterocycles. The van der Waals surface area contributed by atoms with E-state index in [-0.39, 0.29) is 5.38 Å². The average Bonchev–Trinajstić information content (AvgIpc) is 2.05. The van der Waals surface area contributed by atoms with Gasteiger partial charge in [0.15, 0.2) is 0 Å². The molecule has 0 heterocycles. The number of hydrogen-bond donors (Lipinski definition) is 1. The van der Waals surface area contributed by atoms with Crippen LogP contribution in [-0.4, -0.2) is 45.9 Å². The van der Waals surface area contributed by atoms with Crippen LogP contribution in [0, 0.1) is 0 Å². The predicted molar refractivity (Wildman–Crippen MR) is 50.9 cm³/mol. The highest BCUT2D eigenvalue weighted by molar-refractivity contribution is 6.20. The molecule has 0 saturated carbocycles. The number of methoxy groups -OCH3 is 2. The van der Waals surface area contributed by atoms with Gasteiger partial charge in [0.1, 0.15) is 0 Å². The Morgan fingerprint density at radius 2 is 2.08 bits per heavy atom. The second-order valence-corrected chi connectivity index (χ2v) is 3.22. The summed E-state index contributed by atoms with van der Waals surface area (Å²) in [6.07, 6.45) is 1.02. The molecule has 4 heteroatoms. The summed E-state index contributed by atoms with van der Waals surface area (Å²) in [5.41, 5.74) is 0. The second-order valence-electron chi connectivity index (χ2n) is 2.60. The fourth-order valence-corrected chi connectivity index (χ4v) is 1.08. The Kier molecular flexibility index (Phi) is 9.39. The maximum atomic E-state index is 5.88. The first kappa shape index (κ1) is 12.2. The van der Waals surface area contributed by atoms with Gasteiger partial charge in [-0.1, -0.05) is 0 Å². The predicted octanol–water partition coefficient (Wildman–Crippen LogP) is 0.866. The van der Waals surface area contributed by atoms with Crippen LogP contribution in [0.15, 0.2) is 0 Å². The molecule has 0 aliphatic rings. The van der Waals surface area contributed by atoms with Crippen LogP contribution >= 0.6 is 11.6 Å². The van der Waals surface area contributed by atoms with Gasteiger partial charge >= 0.3 is 0 Å². The lowest BCUT2D eigenvalue weighted by Gasteiger charge is -2.08. The molecule has 0 fully saturated rings. The largest absolute Gasteiger partial charge is 0.385 e. The summed E-state index contributed by atoms with van der Waals surface area (Å²) in [7, 11) is 3.36. The lowest BCUT2D eigenvalue weighted by atomic mass is 10.4. The molecule has 0 amide bonds. The lowest BCUT2D eigenvalue weighted by molar-refractivity contribution is 0.189. The van der Waals surface area contributed by atoms with E-state index in [0.29, 0.717) is 6.61 Å². The van der Waals surface area contributed by atoms with Crippen LogP contribution in [0.5, 0.6) is 0 Å². The van der Waals surface area contributed by atoms with Crippen LogP contribution in [0.4, 0.5) is 0 Å². The topological polar surface area (TPSA) is 30.5 Å². The third-order valence-electron chi connectivity index (χ3n) is 1.42. The Morgan fingerprint density at radius 1 is 1.33 bits per heavy atom. The van der Waals surface area contributed by atoms with Gasteiger partial charge in [-0.05, 0) is 13.0 Å². The highest BCUT2D eigenvalue weighted by Gasteiger charge is 2.01. The van der Waals surface area contributed by atoms with E-state index in [0.717, 1.165) is 26.1 Å². The molecule has 0 aromatic carbocycles. The van der Waals surface area contributed by atoms with E-state index < -0.39 is 0 Å². The number of nitrogens with one attached hydrogen (secondary N) is 1. The molecule has 1 atom stereocenters. The Balaban J connectivity index is 2.97. The minimum absolute atomic E-state index is 0.0672. The van der Waals surface area contributed by atoms with Crippen molar-refractivity contribution < 1.29 is 9.47 Å². The summed E-state index contributed by atoms with van der Waals surface area (Å²) < 4.78 is 9.78. The van der Waals surface area contributed by atoms with E-state index in [2.05, 4.69) is 5.32 Å². The van der Waals surface area contributed by atoms with Crippen molar-refractivity contribution in [3.8, 4) is 0 Å². The van der Waals surface area contributed by atoms with Crippen molar-refractivity contribution in [2.24, 2.45) is 0 Å². The maximum absolute atomic E-state index is 5.88. The highest BCUT2D eigenvalue weighted by Crippen LogP contribution is 1.93. The first-order chi connectivity index (χ1) is 5.81. The van der Waals surface area contributed by atoms with E-state index in [1.54, 1.807) is 14.2 Å². The summed E-state index contributed by atoms with van der Waals surface area (Å²) in [5.74, 6) is 0. The van der Waals surface area contributed by atoms with Gasteiger partial charge < -0.3 is 14.8 Å². The quantitative estimate of drug-likeness (QED) is 0.461. The van der Waals surface area contributed by atoms with Gasteiger partial charge in [-0.2, -0.15) is 0 Å². The van der Waals surface area contributed by atoms with Crippen molar-refractivity contribution in [2.45, 2.75) is 11.8 Å². The maximum Gasteiger partial charge on any atom is 0.0693 e. The molecule has 74 valence electrons. The molecule has 12 heavy (non-hydrogen) atoms. The molecule has 0 aliphatic carbocycles. The standard InChI is InChI=1S/C8H18ClNO2/c1-11-5-3-4-10-6-8(9)7-12-2/h8,10H,3-7H2,1-2H3. The summed E-state index contributed by atoms with van der Waals surface area (Å²) >= 11 is 5.88. The number of rotatable bonds is 8. The van der Waals surface area contributed by atoms with Crippen LogP contribution in [0.2, 0.25) is 0 Å². The Hall–Kier alpha value is 0.170. The molecule has 0 aliphatic heterocycles. The number of ether oxygens (including phenoxy) is 2. The van der Waals surface area contributed by atoms with E-state index in [4.69, 9.17) is 21.1 Å². The van der Waals surface area contributed by atoms with Crippen molar-refractivity contribution in [3.63, 3.8) is 0 Å². The zero-order chi connectivity index (χ0) is 9.23. The van der Waals surface area contributed by atoms with Gasteiger partial charge in [-0.25, -0.2) is 0 Å². The SMILES string of the molecule is COCCCNCC(Cl)COC. The summed E-state index contributed by atoms with van der Waals surface area (Å²) in [6, 6.07) is 0. The molecule has 0 aromatic rings. The Labute approximate surface area is 79.4 Å². The number of hydrogen-bond acceptors (Lipinski definition) is 3. The van der Waals surface area contributed by atoms with Crippen molar-refractivity contribution in [1.82, 2.24) is 5.32 Å². The fraction of sp³-hybridized carbons (Fsp3) is 1.00. The third-order valence-corrected chi connectivity index (χ3v) is 1.70. The van der Waals surface area contributed by atoms with E-state index in [9.17, 15) is 0 Å². The Morgan fingerprint density at radius 3 is 2.67 bits per heavy atom. The van der Waals surface area contributed by atoms with E-state index in [1.807, 2.05) is 0 Å². The zero-order valence-electron chi connectivity index (χ0n) is 7.81.